The number of hydrogen-bond acceptors (Lipinski definition) is 9. The van der Waals surface area contributed by atoms with Crippen LogP contribution in [0.1, 0.15) is 39.0 Å². The maximum absolute atomic E-state index is 12.6. The Bertz CT molecular complexity index is 700. The van der Waals surface area contributed by atoms with Crippen LogP contribution < -0.4 is 38.9 Å². The summed E-state index contributed by atoms with van der Waals surface area (Å²) in [6, 6.07) is -5.27. The maximum atomic E-state index is 12.6. The van der Waals surface area contributed by atoms with Gasteiger partial charge in [0.25, 0.3) is 0 Å². The largest absolute Gasteiger partial charge is 0.480 e. The molecule has 34 heavy (non-hydrogen) atoms. The summed E-state index contributed by atoms with van der Waals surface area (Å²) in [6.07, 6.45) is 0.332. The van der Waals surface area contributed by atoms with Gasteiger partial charge in [0.2, 0.25) is 17.7 Å². The number of aliphatic hydroxyl groups excluding tert-OH is 2. The van der Waals surface area contributed by atoms with Crippen molar-refractivity contribution in [1.29, 1.82) is 0 Å². The molecule has 0 saturated carbocycles. The SMILES string of the molecule is CC(O)C(NC(=O)C(N)CCCN=C(N)N)C(=O)NC(CO)C(=O)NC(CCCCN)C(=O)O. The van der Waals surface area contributed by atoms with Gasteiger partial charge >= 0.3 is 5.97 Å². The van der Waals surface area contributed by atoms with Crippen molar-refractivity contribution in [2.45, 2.75) is 69.3 Å². The summed E-state index contributed by atoms with van der Waals surface area (Å²) in [6.45, 7) is 1.00. The van der Waals surface area contributed by atoms with Gasteiger partial charge in [-0.2, -0.15) is 0 Å². The highest BCUT2D eigenvalue weighted by Gasteiger charge is 2.32. The van der Waals surface area contributed by atoms with Gasteiger partial charge in [-0.15, -0.1) is 0 Å². The van der Waals surface area contributed by atoms with Crippen LogP contribution >= 0.6 is 0 Å². The van der Waals surface area contributed by atoms with Crippen LogP contribution in [0.5, 0.6) is 0 Å². The number of amides is 3. The number of nitrogens with one attached hydrogen (secondary N) is 3. The molecule has 0 rings (SSSR count). The van der Waals surface area contributed by atoms with Crippen LogP contribution in [0, 0.1) is 0 Å². The van der Waals surface area contributed by atoms with E-state index in [1.807, 2.05) is 0 Å². The third kappa shape index (κ3) is 12.3. The molecule has 0 aliphatic heterocycles. The number of aliphatic carboxylic acids is 1. The molecular formula is C19H38N8O7. The Kier molecular flexibility index (Phi) is 15.1. The Labute approximate surface area is 197 Å². The van der Waals surface area contributed by atoms with Crippen LogP contribution in [-0.4, -0.2) is 94.9 Å². The van der Waals surface area contributed by atoms with Crippen molar-refractivity contribution in [2.24, 2.45) is 27.9 Å². The molecule has 0 aromatic heterocycles. The van der Waals surface area contributed by atoms with E-state index in [-0.39, 0.29) is 25.3 Å². The van der Waals surface area contributed by atoms with Crippen molar-refractivity contribution in [2.75, 3.05) is 19.7 Å². The molecule has 15 heteroatoms. The normalized spacial score (nSPS) is 15.2. The molecule has 0 fully saturated rings. The minimum absolute atomic E-state index is 0.100. The molecule has 0 aromatic carbocycles. The summed E-state index contributed by atoms with van der Waals surface area (Å²) in [5.74, 6) is -4.03. The fraction of sp³-hybridized carbons (Fsp3) is 0.737. The number of nitrogens with zero attached hydrogens (tertiary/aromatic N) is 1. The molecule has 0 spiro atoms. The maximum Gasteiger partial charge on any atom is 0.326 e. The number of hydrogen-bond donors (Lipinski definition) is 10. The zero-order chi connectivity index (χ0) is 26.3. The van der Waals surface area contributed by atoms with Crippen LogP contribution in [0.25, 0.3) is 0 Å². The topological polar surface area (TPSA) is 282 Å². The zero-order valence-electron chi connectivity index (χ0n) is 19.3. The lowest BCUT2D eigenvalue weighted by Gasteiger charge is -2.25. The monoisotopic (exact) mass is 490 g/mol. The first-order valence-electron chi connectivity index (χ1n) is 10.9. The van der Waals surface area contributed by atoms with E-state index in [9.17, 15) is 34.5 Å². The summed E-state index contributed by atoms with van der Waals surface area (Å²) in [5.41, 5.74) is 21.6. The Balaban J connectivity index is 5.02. The highest BCUT2D eigenvalue weighted by molar-refractivity contribution is 5.94. The predicted molar refractivity (Wildman–Crippen MR) is 123 cm³/mol. The smallest absolute Gasteiger partial charge is 0.326 e. The van der Waals surface area contributed by atoms with Gasteiger partial charge in [0.05, 0.1) is 18.8 Å². The lowest BCUT2D eigenvalue weighted by Crippen LogP contribution is -2.60. The standard InChI is InChI=1S/C19H38N8O7/c1-10(29)14(27-15(30)11(21)5-4-8-24-19(22)23)17(32)26-13(9-28)16(31)25-12(18(33)34)6-2-3-7-20/h10-14,28-29H,2-9,20-21H2,1H3,(H,25,31)(H,26,32)(H,27,30)(H,33,34)(H4,22,23,24). The summed E-state index contributed by atoms with van der Waals surface area (Å²) in [4.78, 5) is 52.4. The van der Waals surface area contributed by atoms with Crippen molar-refractivity contribution < 1.29 is 34.5 Å². The molecule has 0 radical (unpaired) electrons. The van der Waals surface area contributed by atoms with Gasteiger partial charge in [0.1, 0.15) is 18.1 Å². The Morgan fingerprint density at radius 3 is 2.03 bits per heavy atom. The van der Waals surface area contributed by atoms with Crippen molar-refractivity contribution in [3.8, 4) is 0 Å². The van der Waals surface area contributed by atoms with Gasteiger partial charge in [0.15, 0.2) is 5.96 Å². The fourth-order valence-corrected chi connectivity index (χ4v) is 2.79. The molecular weight excluding hydrogens is 452 g/mol. The second-order valence-electron chi connectivity index (χ2n) is 7.71. The van der Waals surface area contributed by atoms with Crippen molar-refractivity contribution in [3.05, 3.63) is 0 Å². The molecule has 0 aliphatic carbocycles. The lowest BCUT2D eigenvalue weighted by atomic mass is 10.1. The molecule has 0 bridgehead atoms. The van der Waals surface area contributed by atoms with E-state index in [0.29, 0.717) is 25.8 Å². The Hall–Kier alpha value is -3.01. The van der Waals surface area contributed by atoms with Crippen molar-refractivity contribution in [3.63, 3.8) is 0 Å². The quantitative estimate of drug-likeness (QED) is 0.0525. The van der Waals surface area contributed by atoms with Crippen LogP contribution in [0.2, 0.25) is 0 Å². The second kappa shape index (κ2) is 16.6. The van der Waals surface area contributed by atoms with E-state index >= 15 is 0 Å². The third-order valence-electron chi connectivity index (χ3n) is 4.74. The van der Waals surface area contributed by atoms with E-state index in [4.69, 9.17) is 22.9 Å². The number of aliphatic imine (C=N–C) groups is 1. The number of carbonyl (C=O) groups excluding carboxylic acids is 3. The molecule has 14 N–H and O–H groups in total. The van der Waals surface area contributed by atoms with E-state index in [1.165, 1.54) is 6.92 Å². The minimum atomic E-state index is -1.52. The average molecular weight is 491 g/mol. The lowest BCUT2D eigenvalue weighted by molar-refractivity contribution is -0.143. The van der Waals surface area contributed by atoms with E-state index in [2.05, 4.69) is 20.9 Å². The molecule has 0 heterocycles. The molecule has 15 nitrogen and oxygen atoms in total. The number of carboxylic acids is 1. The molecule has 196 valence electrons. The van der Waals surface area contributed by atoms with Crippen LogP contribution in [0.4, 0.5) is 0 Å². The first-order valence-corrected chi connectivity index (χ1v) is 10.9. The number of carbonyl (C=O) groups is 4. The van der Waals surface area contributed by atoms with E-state index < -0.39 is 60.6 Å². The summed E-state index contributed by atoms with van der Waals surface area (Å²) < 4.78 is 0. The number of aliphatic hydroxyl groups is 2. The second-order valence-corrected chi connectivity index (χ2v) is 7.71. The van der Waals surface area contributed by atoms with Gasteiger partial charge in [-0.3, -0.25) is 19.4 Å². The van der Waals surface area contributed by atoms with Crippen molar-refractivity contribution in [1.82, 2.24) is 16.0 Å². The summed E-state index contributed by atoms with van der Waals surface area (Å²) in [5, 5.41) is 35.5. The van der Waals surface area contributed by atoms with Crippen LogP contribution in [0.3, 0.4) is 0 Å². The molecule has 0 saturated heterocycles. The summed E-state index contributed by atoms with van der Waals surface area (Å²) >= 11 is 0. The van der Waals surface area contributed by atoms with Crippen molar-refractivity contribution >= 4 is 29.7 Å². The summed E-state index contributed by atoms with van der Waals surface area (Å²) in [7, 11) is 0. The zero-order valence-corrected chi connectivity index (χ0v) is 19.3. The number of unbranched alkanes of at least 4 members (excludes halogenated alkanes) is 1. The van der Waals surface area contributed by atoms with Gasteiger partial charge in [0, 0.05) is 6.54 Å². The third-order valence-corrected chi connectivity index (χ3v) is 4.74. The fourth-order valence-electron chi connectivity index (χ4n) is 2.79. The predicted octanol–water partition coefficient (Wildman–Crippen LogP) is -4.59. The van der Waals surface area contributed by atoms with E-state index in [1.54, 1.807) is 0 Å². The Morgan fingerprint density at radius 1 is 0.912 bits per heavy atom. The molecule has 3 amide bonds. The highest BCUT2D eigenvalue weighted by atomic mass is 16.4. The highest BCUT2D eigenvalue weighted by Crippen LogP contribution is 2.03. The first kappa shape index (κ1) is 31.0. The Morgan fingerprint density at radius 2 is 1.53 bits per heavy atom. The molecule has 0 aromatic rings. The first-order chi connectivity index (χ1) is 15.9. The minimum Gasteiger partial charge on any atom is -0.480 e. The number of guanidine groups is 1. The average Bonchev–Trinajstić information content (AvgIpc) is 2.76. The van der Waals surface area contributed by atoms with Gasteiger partial charge in [-0.1, -0.05) is 0 Å². The van der Waals surface area contributed by atoms with Gasteiger partial charge in [-0.25, -0.2) is 4.79 Å². The number of rotatable bonds is 17. The number of carboxylic acid groups (broad SMARTS) is 1. The van der Waals surface area contributed by atoms with Gasteiger partial charge in [-0.05, 0) is 45.6 Å². The molecule has 5 unspecified atom stereocenters. The van der Waals surface area contributed by atoms with E-state index in [0.717, 1.165) is 0 Å². The number of nitrogens with two attached hydrogens (primary N) is 4. The van der Waals surface area contributed by atoms with Gasteiger partial charge < -0.3 is 54.2 Å². The van der Waals surface area contributed by atoms with Crippen LogP contribution in [0.15, 0.2) is 4.99 Å². The molecule has 5 atom stereocenters. The van der Waals surface area contributed by atoms with Crippen LogP contribution in [-0.2, 0) is 19.2 Å². The molecule has 0 aliphatic rings.